The van der Waals surface area contributed by atoms with E-state index in [2.05, 4.69) is 20.6 Å². The zero-order valence-electron chi connectivity index (χ0n) is 13.2. The zero-order valence-corrected chi connectivity index (χ0v) is 13.2. The number of carbonyl (C=O) groups is 1. The van der Waals surface area contributed by atoms with Crippen LogP contribution in [0.25, 0.3) is 0 Å². The first kappa shape index (κ1) is 14.7. The predicted molar refractivity (Wildman–Crippen MR) is 79.1 cm³/mol. The predicted octanol–water partition coefficient (Wildman–Crippen LogP) is 2.03. The first-order valence-corrected chi connectivity index (χ1v) is 7.64. The number of hydrogen-bond acceptors (Lipinski definition) is 5. The fourth-order valence-electron chi connectivity index (χ4n) is 2.53. The summed E-state index contributed by atoms with van der Waals surface area (Å²) in [6.07, 6.45) is 2.61. The van der Waals surface area contributed by atoms with Gasteiger partial charge in [-0.3, -0.25) is 9.48 Å². The Morgan fingerprint density at radius 1 is 1.45 bits per heavy atom. The molecule has 0 aromatic carbocycles. The van der Waals surface area contributed by atoms with Crippen LogP contribution in [-0.2, 0) is 11.3 Å². The lowest BCUT2D eigenvalue weighted by atomic mass is 10.2. The smallest absolute Gasteiger partial charge is 0.235 e. The van der Waals surface area contributed by atoms with E-state index in [1.165, 1.54) is 0 Å². The summed E-state index contributed by atoms with van der Waals surface area (Å²) in [5.41, 5.74) is 2.02. The minimum absolute atomic E-state index is 0.0124. The van der Waals surface area contributed by atoms with Crippen LogP contribution in [0, 0.1) is 13.8 Å². The van der Waals surface area contributed by atoms with Crippen molar-refractivity contribution in [2.45, 2.75) is 58.5 Å². The normalized spacial score (nSPS) is 15.8. The molecule has 0 radical (unpaired) electrons. The van der Waals surface area contributed by atoms with Gasteiger partial charge in [-0.25, -0.2) is 0 Å². The Hall–Kier alpha value is -2.18. The molecule has 0 spiro atoms. The highest BCUT2D eigenvalue weighted by Crippen LogP contribution is 2.38. The van der Waals surface area contributed by atoms with Gasteiger partial charge in [-0.05, 0) is 39.7 Å². The van der Waals surface area contributed by atoms with Crippen molar-refractivity contribution in [1.82, 2.24) is 25.3 Å². The molecule has 1 aliphatic rings. The topological polar surface area (TPSA) is 85.8 Å². The Balaban J connectivity index is 1.50. The lowest BCUT2D eigenvalue weighted by Gasteiger charge is -2.13. The van der Waals surface area contributed by atoms with Gasteiger partial charge < -0.3 is 9.73 Å². The Morgan fingerprint density at radius 2 is 2.23 bits per heavy atom. The molecule has 1 N–H and O–H groups in total. The van der Waals surface area contributed by atoms with Crippen LogP contribution in [0.1, 0.15) is 61.3 Å². The quantitative estimate of drug-likeness (QED) is 0.882. The van der Waals surface area contributed by atoms with Crippen molar-refractivity contribution >= 4 is 5.91 Å². The summed E-state index contributed by atoms with van der Waals surface area (Å²) in [6, 6.07) is 2.02. The number of hydrogen-bond donors (Lipinski definition) is 1. The van der Waals surface area contributed by atoms with Crippen molar-refractivity contribution in [3.8, 4) is 0 Å². The van der Waals surface area contributed by atoms with E-state index < -0.39 is 0 Å². The molecule has 0 bridgehead atoms. The molecule has 7 nitrogen and oxygen atoms in total. The molecule has 1 amide bonds. The Labute approximate surface area is 129 Å². The van der Waals surface area contributed by atoms with E-state index in [1.54, 1.807) is 0 Å². The Kier molecular flexibility index (Phi) is 3.96. The summed E-state index contributed by atoms with van der Waals surface area (Å²) in [6.45, 7) is 6.20. The lowest BCUT2D eigenvalue weighted by molar-refractivity contribution is -0.122. The standard InChI is InChI=1S/C15H21N5O2/c1-9-6-10(2)20(19-9)11(3)7-13(21)16-8-14-17-18-15(22-14)12-4-5-12/h6,11-12H,4-5,7-8H2,1-3H3,(H,16,21). The maximum Gasteiger partial charge on any atom is 0.235 e. The maximum atomic E-state index is 12.0. The second-order valence-electron chi connectivity index (χ2n) is 6.01. The van der Waals surface area contributed by atoms with Gasteiger partial charge in [0.25, 0.3) is 0 Å². The first-order valence-electron chi connectivity index (χ1n) is 7.64. The van der Waals surface area contributed by atoms with Crippen LogP contribution in [0.4, 0.5) is 0 Å². The molecule has 1 aliphatic carbocycles. The molecule has 1 unspecified atom stereocenters. The molecule has 0 aliphatic heterocycles. The molecule has 1 fully saturated rings. The zero-order chi connectivity index (χ0) is 15.7. The van der Waals surface area contributed by atoms with Gasteiger partial charge in [0.2, 0.25) is 17.7 Å². The van der Waals surface area contributed by atoms with Gasteiger partial charge in [-0.2, -0.15) is 5.10 Å². The van der Waals surface area contributed by atoms with Gasteiger partial charge in [0, 0.05) is 18.0 Å². The highest BCUT2D eigenvalue weighted by molar-refractivity contribution is 5.76. The van der Waals surface area contributed by atoms with Gasteiger partial charge in [-0.1, -0.05) is 0 Å². The first-order chi connectivity index (χ1) is 10.5. The maximum absolute atomic E-state index is 12.0. The van der Waals surface area contributed by atoms with E-state index in [0.717, 1.165) is 24.2 Å². The monoisotopic (exact) mass is 303 g/mol. The van der Waals surface area contributed by atoms with Crippen molar-refractivity contribution in [2.24, 2.45) is 0 Å². The molecule has 3 rings (SSSR count). The number of nitrogens with one attached hydrogen (secondary N) is 1. The van der Waals surface area contributed by atoms with Crippen LogP contribution in [-0.4, -0.2) is 25.9 Å². The highest BCUT2D eigenvalue weighted by Gasteiger charge is 2.29. The van der Waals surface area contributed by atoms with Crippen LogP contribution < -0.4 is 5.32 Å². The summed E-state index contributed by atoms with van der Waals surface area (Å²) in [5.74, 6) is 1.54. The molecule has 0 saturated heterocycles. The minimum Gasteiger partial charge on any atom is -0.423 e. The summed E-state index contributed by atoms with van der Waals surface area (Å²) in [7, 11) is 0. The molecular formula is C15H21N5O2. The van der Waals surface area contributed by atoms with E-state index in [9.17, 15) is 4.79 Å². The van der Waals surface area contributed by atoms with Crippen molar-refractivity contribution in [2.75, 3.05) is 0 Å². The van der Waals surface area contributed by atoms with Crippen LogP contribution in [0.15, 0.2) is 10.5 Å². The van der Waals surface area contributed by atoms with Gasteiger partial charge in [0.15, 0.2) is 0 Å². The lowest BCUT2D eigenvalue weighted by Crippen LogP contribution is -2.26. The van der Waals surface area contributed by atoms with E-state index in [-0.39, 0.29) is 18.5 Å². The third-order valence-electron chi connectivity index (χ3n) is 3.79. The van der Waals surface area contributed by atoms with Gasteiger partial charge in [-0.15, -0.1) is 10.2 Å². The van der Waals surface area contributed by atoms with Crippen molar-refractivity contribution in [1.29, 1.82) is 0 Å². The third-order valence-corrected chi connectivity index (χ3v) is 3.79. The molecule has 118 valence electrons. The van der Waals surface area contributed by atoms with Gasteiger partial charge in [0.05, 0.1) is 18.3 Å². The molecule has 1 saturated carbocycles. The van der Waals surface area contributed by atoms with Crippen molar-refractivity contribution in [3.63, 3.8) is 0 Å². The van der Waals surface area contributed by atoms with E-state index >= 15 is 0 Å². The minimum atomic E-state index is -0.0498. The molecule has 2 aromatic rings. The van der Waals surface area contributed by atoms with Crippen molar-refractivity contribution in [3.05, 3.63) is 29.2 Å². The molecule has 2 heterocycles. The number of aromatic nitrogens is 4. The number of nitrogens with zero attached hydrogens (tertiary/aromatic N) is 4. The summed E-state index contributed by atoms with van der Waals surface area (Å²) in [5, 5.41) is 15.2. The van der Waals surface area contributed by atoms with Crippen molar-refractivity contribution < 1.29 is 9.21 Å². The Bertz CT molecular complexity index is 671. The molecule has 7 heteroatoms. The largest absolute Gasteiger partial charge is 0.423 e. The SMILES string of the molecule is Cc1cc(C)n(C(C)CC(=O)NCc2nnc(C3CC3)o2)n1. The molecule has 2 aromatic heterocycles. The Morgan fingerprint density at radius 3 is 2.86 bits per heavy atom. The molecule has 22 heavy (non-hydrogen) atoms. The summed E-state index contributed by atoms with van der Waals surface area (Å²) >= 11 is 0. The van der Waals surface area contributed by atoms with Gasteiger partial charge in [0.1, 0.15) is 0 Å². The second-order valence-corrected chi connectivity index (χ2v) is 6.01. The fourth-order valence-corrected chi connectivity index (χ4v) is 2.53. The van der Waals surface area contributed by atoms with E-state index in [0.29, 0.717) is 24.1 Å². The van der Waals surface area contributed by atoms with Gasteiger partial charge >= 0.3 is 0 Å². The number of aryl methyl sites for hydroxylation is 2. The third kappa shape index (κ3) is 3.35. The van der Waals surface area contributed by atoms with Crippen LogP contribution in [0.5, 0.6) is 0 Å². The van der Waals surface area contributed by atoms with Crippen LogP contribution in [0.3, 0.4) is 0 Å². The summed E-state index contributed by atoms with van der Waals surface area (Å²) < 4.78 is 7.40. The number of amides is 1. The highest BCUT2D eigenvalue weighted by atomic mass is 16.4. The summed E-state index contributed by atoms with van der Waals surface area (Å²) in [4.78, 5) is 12.0. The van der Waals surface area contributed by atoms with Crippen LogP contribution in [0.2, 0.25) is 0 Å². The fraction of sp³-hybridized carbons (Fsp3) is 0.600. The average Bonchev–Trinajstić information content (AvgIpc) is 3.11. The number of carbonyl (C=O) groups excluding carboxylic acids is 1. The second kappa shape index (κ2) is 5.90. The average molecular weight is 303 g/mol. The van der Waals surface area contributed by atoms with Crippen LogP contribution >= 0.6 is 0 Å². The molecular weight excluding hydrogens is 282 g/mol. The van der Waals surface area contributed by atoms with E-state index in [4.69, 9.17) is 4.42 Å². The molecule has 1 atom stereocenters. The number of rotatable bonds is 6. The van der Waals surface area contributed by atoms with E-state index in [1.807, 2.05) is 31.5 Å².